The molecule has 0 aromatic heterocycles. The SMILES string of the molecule is CCCNc1ccc([N+](=O)[O-])c(C(=O)NCCCOC)c1. The van der Waals surface area contributed by atoms with Gasteiger partial charge in [-0.15, -0.1) is 0 Å². The summed E-state index contributed by atoms with van der Waals surface area (Å²) in [5.41, 5.74) is 0.573. The lowest BCUT2D eigenvalue weighted by atomic mass is 10.1. The molecule has 0 unspecified atom stereocenters. The number of anilines is 1. The summed E-state index contributed by atoms with van der Waals surface area (Å²) in [6, 6.07) is 4.47. The number of ether oxygens (including phenoxy) is 1. The molecule has 0 bridgehead atoms. The Morgan fingerprint density at radius 2 is 2.14 bits per heavy atom. The Kier molecular flexibility index (Phi) is 7.17. The van der Waals surface area contributed by atoms with Crippen molar-refractivity contribution in [1.29, 1.82) is 0 Å². The largest absolute Gasteiger partial charge is 0.385 e. The molecule has 0 aliphatic heterocycles. The van der Waals surface area contributed by atoms with Crippen molar-refractivity contribution in [2.75, 3.05) is 32.1 Å². The van der Waals surface area contributed by atoms with Crippen molar-refractivity contribution in [2.45, 2.75) is 19.8 Å². The van der Waals surface area contributed by atoms with Gasteiger partial charge >= 0.3 is 0 Å². The first kappa shape index (κ1) is 16.9. The lowest BCUT2D eigenvalue weighted by Crippen LogP contribution is -2.26. The molecule has 0 fully saturated rings. The molecule has 21 heavy (non-hydrogen) atoms. The van der Waals surface area contributed by atoms with E-state index in [1.807, 2.05) is 6.92 Å². The number of amides is 1. The molecule has 2 N–H and O–H groups in total. The van der Waals surface area contributed by atoms with Gasteiger partial charge in [0.25, 0.3) is 11.6 Å². The van der Waals surface area contributed by atoms with E-state index in [1.54, 1.807) is 13.2 Å². The predicted molar refractivity (Wildman–Crippen MR) is 80.7 cm³/mol. The van der Waals surface area contributed by atoms with Gasteiger partial charge in [0, 0.05) is 38.6 Å². The van der Waals surface area contributed by atoms with E-state index in [2.05, 4.69) is 10.6 Å². The second kappa shape index (κ2) is 8.91. The van der Waals surface area contributed by atoms with Crippen molar-refractivity contribution in [2.24, 2.45) is 0 Å². The number of nitrogens with zero attached hydrogens (tertiary/aromatic N) is 1. The topological polar surface area (TPSA) is 93.5 Å². The molecule has 116 valence electrons. The van der Waals surface area contributed by atoms with Gasteiger partial charge in [0.05, 0.1) is 4.92 Å². The summed E-state index contributed by atoms with van der Waals surface area (Å²) in [4.78, 5) is 22.5. The van der Waals surface area contributed by atoms with Gasteiger partial charge in [-0.05, 0) is 25.0 Å². The third-order valence-electron chi connectivity index (χ3n) is 2.83. The van der Waals surface area contributed by atoms with Gasteiger partial charge in [-0.25, -0.2) is 0 Å². The quantitative estimate of drug-likeness (QED) is 0.414. The maximum absolute atomic E-state index is 12.1. The molecule has 0 heterocycles. The summed E-state index contributed by atoms with van der Waals surface area (Å²) in [7, 11) is 1.58. The molecule has 1 aromatic rings. The first-order valence-corrected chi connectivity index (χ1v) is 6.89. The Balaban J connectivity index is 2.84. The maximum atomic E-state index is 12.1. The Bertz CT molecular complexity index is 491. The van der Waals surface area contributed by atoms with E-state index >= 15 is 0 Å². The summed E-state index contributed by atoms with van der Waals surface area (Å²) in [5, 5.41) is 16.8. The average Bonchev–Trinajstić information content (AvgIpc) is 2.48. The molecule has 0 radical (unpaired) electrons. The summed E-state index contributed by atoms with van der Waals surface area (Å²) >= 11 is 0. The number of nitro benzene ring substituents is 1. The second-order valence-electron chi connectivity index (χ2n) is 4.52. The fraction of sp³-hybridized carbons (Fsp3) is 0.500. The molecule has 1 rings (SSSR count). The lowest BCUT2D eigenvalue weighted by molar-refractivity contribution is -0.385. The molecule has 7 heteroatoms. The Labute approximate surface area is 123 Å². The zero-order chi connectivity index (χ0) is 15.7. The van der Waals surface area contributed by atoms with Crippen molar-refractivity contribution >= 4 is 17.3 Å². The molecule has 7 nitrogen and oxygen atoms in total. The van der Waals surface area contributed by atoms with Crippen LogP contribution in [0.4, 0.5) is 11.4 Å². The molecular weight excluding hydrogens is 274 g/mol. The highest BCUT2D eigenvalue weighted by atomic mass is 16.6. The predicted octanol–water partition coefficient (Wildman–Crippen LogP) is 2.18. The molecule has 0 saturated heterocycles. The van der Waals surface area contributed by atoms with Crippen LogP contribution in [0.1, 0.15) is 30.1 Å². The molecular formula is C14H21N3O4. The van der Waals surface area contributed by atoms with Crippen LogP contribution in [0.2, 0.25) is 0 Å². The summed E-state index contributed by atoms with van der Waals surface area (Å²) in [5.74, 6) is -0.446. The van der Waals surface area contributed by atoms with Crippen LogP contribution in [0.25, 0.3) is 0 Å². The van der Waals surface area contributed by atoms with Crippen LogP contribution < -0.4 is 10.6 Å². The van der Waals surface area contributed by atoms with Gasteiger partial charge in [0.15, 0.2) is 0 Å². The van der Waals surface area contributed by atoms with E-state index in [0.29, 0.717) is 25.3 Å². The van der Waals surface area contributed by atoms with E-state index < -0.39 is 10.8 Å². The van der Waals surface area contributed by atoms with Gasteiger partial charge in [0.2, 0.25) is 0 Å². The minimum atomic E-state index is -0.548. The van der Waals surface area contributed by atoms with E-state index in [4.69, 9.17) is 4.74 Å². The molecule has 0 saturated carbocycles. The first-order chi connectivity index (χ1) is 10.1. The minimum Gasteiger partial charge on any atom is -0.385 e. The Morgan fingerprint density at radius 3 is 2.76 bits per heavy atom. The van der Waals surface area contributed by atoms with Gasteiger partial charge in [0.1, 0.15) is 5.56 Å². The van der Waals surface area contributed by atoms with Crippen LogP contribution in [0.3, 0.4) is 0 Å². The van der Waals surface area contributed by atoms with Crippen molar-refractivity contribution in [3.63, 3.8) is 0 Å². The molecule has 0 aliphatic rings. The van der Waals surface area contributed by atoms with Gasteiger partial charge in [-0.3, -0.25) is 14.9 Å². The molecule has 0 aliphatic carbocycles. The second-order valence-corrected chi connectivity index (χ2v) is 4.52. The van der Waals surface area contributed by atoms with Crippen molar-refractivity contribution in [1.82, 2.24) is 5.32 Å². The normalized spacial score (nSPS) is 10.2. The van der Waals surface area contributed by atoms with Crippen molar-refractivity contribution in [3.8, 4) is 0 Å². The average molecular weight is 295 g/mol. The van der Waals surface area contributed by atoms with E-state index in [-0.39, 0.29) is 11.3 Å². The third-order valence-corrected chi connectivity index (χ3v) is 2.83. The highest BCUT2D eigenvalue weighted by molar-refractivity contribution is 5.99. The smallest absolute Gasteiger partial charge is 0.282 e. The molecule has 0 atom stereocenters. The Morgan fingerprint density at radius 1 is 1.38 bits per heavy atom. The Hall–Kier alpha value is -2.15. The number of hydrogen-bond donors (Lipinski definition) is 2. The van der Waals surface area contributed by atoms with E-state index in [1.165, 1.54) is 12.1 Å². The van der Waals surface area contributed by atoms with E-state index in [9.17, 15) is 14.9 Å². The van der Waals surface area contributed by atoms with Gasteiger partial charge in [-0.1, -0.05) is 6.92 Å². The number of nitro groups is 1. The zero-order valence-corrected chi connectivity index (χ0v) is 12.3. The fourth-order valence-electron chi connectivity index (χ4n) is 1.77. The van der Waals surface area contributed by atoms with Gasteiger partial charge < -0.3 is 15.4 Å². The van der Waals surface area contributed by atoms with Crippen molar-refractivity contribution < 1.29 is 14.5 Å². The minimum absolute atomic E-state index is 0.0681. The van der Waals surface area contributed by atoms with E-state index in [0.717, 1.165) is 13.0 Å². The number of nitrogens with one attached hydrogen (secondary N) is 2. The number of carbonyl (C=O) groups is 1. The zero-order valence-electron chi connectivity index (χ0n) is 12.3. The first-order valence-electron chi connectivity index (χ1n) is 6.89. The maximum Gasteiger partial charge on any atom is 0.282 e. The molecule has 1 amide bonds. The number of hydrogen-bond acceptors (Lipinski definition) is 5. The molecule has 0 spiro atoms. The number of rotatable bonds is 9. The van der Waals surface area contributed by atoms with Crippen LogP contribution in [-0.2, 0) is 4.74 Å². The fourth-order valence-corrected chi connectivity index (χ4v) is 1.77. The number of methoxy groups -OCH3 is 1. The number of benzene rings is 1. The standard InChI is InChI=1S/C14H21N3O4/c1-3-7-15-11-5-6-13(17(19)20)12(10-11)14(18)16-8-4-9-21-2/h5-6,10,15H,3-4,7-9H2,1-2H3,(H,16,18). The van der Waals surface area contributed by atoms with Crippen LogP contribution in [0.15, 0.2) is 18.2 Å². The van der Waals surface area contributed by atoms with Crippen LogP contribution in [-0.4, -0.2) is 37.6 Å². The van der Waals surface area contributed by atoms with Crippen LogP contribution >= 0.6 is 0 Å². The number of carbonyl (C=O) groups excluding carboxylic acids is 1. The highest BCUT2D eigenvalue weighted by Gasteiger charge is 2.20. The summed E-state index contributed by atoms with van der Waals surface area (Å²) < 4.78 is 4.89. The van der Waals surface area contributed by atoms with Gasteiger partial charge in [-0.2, -0.15) is 0 Å². The van der Waals surface area contributed by atoms with Crippen LogP contribution in [0, 0.1) is 10.1 Å². The van der Waals surface area contributed by atoms with Crippen molar-refractivity contribution in [3.05, 3.63) is 33.9 Å². The monoisotopic (exact) mass is 295 g/mol. The lowest BCUT2D eigenvalue weighted by Gasteiger charge is -2.09. The summed E-state index contributed by atoms with van der Waals surface area (Å²) in [6.45, 7) is 3.70. The summed E-state index contributed by atoms with van der Waals surface area (Å²) in [6.07, 6.45) is 1.58. The van der Waals surface area contributed by atoms with Crippen LogP contribution in [0.5, 0.6) is 0 Å². The molecule has 1 aromatic carbocycles. The highest BCUT2D eigenvalue weighted by Crippen LogP contribution is 2.22. The third kappa shape index (κ3) is 5.39.